The maximum absolute atomic E-state index is 12.3. The van der Waals surface area contributed by atoms with E-state index in [-0.39, 0.29) is 6.03 Å². The fourth-order valence-electron chi connectivity index (χ4n) is 2.80. The zero-order valence-electron chi connectivity index (χ0n) is 18.0. The predicted molar refractivity (Wildman–Crippen MR) is 122 cm³/mol. The number of urea groups is 1. The molecule has 0 saturated carbocycles. The summed E-state index contributed by atoms with van der Waals surface area (Å²) in [6, 6.07) is 6.26. The Morgan fingerprint density at radius 3 is 2.41 bits per heavy atom. The number of hydrogen-bond donors (Lipinski definition) is 1. The van der Waals surface area contributed by atoms with E-state index in [1.165, 1.54) is 14.7 Å². The van der Waals surface area contributed by atoms with E-state index >= 15 is 0 Å². The van der Waals surface area contributed by atoms with Gasteiger partial charge < -0.3 is 19.4 Å². The van der Waals surface area contributed by atoms with Gasteiger partial charge in [-0.25, -0.2) is 9.59 Å². The Labute approximate surface area is 186 Å². The Hall–Kier alpha value is -2.04. The molecule has 1 aliphatic heterocycles. The van der Waals surface area contributed by atoms with Gasteiger partial charge in [0.25, 0.3) is 0 Å². The first-order valence-electron chi connectivity index (χ1n) is 9.47. The van der Waals surface area contributed by atoms with E-state index < -0.39 is 11.7 Å². The number of aryl methyl sites for hydroxylation is 1. The summed E-state index contributed by atoms with van der Waals surface area (Å²) >= 11 is 2.32. The third kappa shape index (κ3) is 7.06. The van der Waals surface area contributed by atoms with Crippen molar-refractivity contribution in [1.82, 2.24) is 20.0 Å². The van der Waals surface area contributed by atoms with Crippen molar-refractivity contribution in [1.29, 1.82) is 0 Å². The molecule has 1 N–H and O–H groups in total. The minimum atomic E-state index is -0.612. The van der Waals surface area contributed by atoms with Crippen LogP contribution in [0.3, 0.4) is 0 Å². The molecule has 1 heterocycles. The lowest BCUT2D eigenvalue weighted by atomic mass is 10.1. The summed E-state index contributed by atoms with van der Waals surface area (Å²) in [5.41, 5.74) is 1.82. The van der Waals surface area contributed by atoms with Gasteiger partial charge in [-0.05, 0) is 73.9 Å². The van der Waals surface area contributed by atoms with E-state index in [1.54, 1.807) is 23.9 Å². The van der Waals surface area contributed by atoms with Crippen LogP contribution in [0.1, 0.15) is 31.9 Å². The molecule has 8 nitrogen and oxygen atoms in total. The van der Waals surface area contributed by atoms with Crippen LogP contribution in [0.5, 0.6) is 0 Å². The van der Waals surface area contributed by atoms with E-state index in [0.717, 1.165) is 6.42 Å². The van der Waals surface area contributed by atoms with Crippen LogP contribution in [-0.4, -0.2) is 72.4 Å². The molecule has 0 aromatic heterocycles. The minimum Gasteiger partial charge on any atom is -0.444 e. The number of halogens is 1. The number of nitrogens with one attached hydrogen (secondary N) is 1. The van der Waals surface area contributed by atoms with Gasteiger partial charge in [0.05, 0.1) is 13.3 Å². The van der Waals surface area contributed by atoms with Crippen LogP contribution in [-0.2, 0) is 11.2 Å². The maximum Gasteiger partial charge on any atom is 0.414 e. The molecule has 0 radical (unpaired) electrons. The average molecular weight is 515 g/mol. The summed E-state index contributed by atoms with van der Waals surface area (Å²) in [5, 5.41) is 2.75. The number of ether oxygens (including phenoxy) is 1. The number of benzene rings is 1. The molecular weight excluding hydrogens is 485 g/mol. The summed E-state index contributed by atoms with van der Waals surface area (Å²) in [4.78, 5) is 33.9. The van der Waals surface area contributed by atoms with Gasteiger partial charge >= 0.3 is 12.1 Å². The van der Waals surface area contributed by atoms with Crippen molar-refractivity contribution in [3.05, 3.63) is 32.9 Å². The van der Waals surface area contributed by atoms with Crippen molar-refractivity contribution in [2.45, 2.75) is 39.7 Å². The molecule has 1 aromatic carbocycles. The molecule has 2 rings (SSSR count). The zero-order chi connectivity index (χ0) is 21.8. The van der Waals surface area contributed by atoms with E-state index in [2.05, 4.69) is 58.0 Å². The van der Waals surface area contributed by atoms with Crippen molar-refractivity contribution in [3.63, 3.8) is 0 Å². The molecule has 1 aliphatic rings. The van der Waals surface area contributed by atoms with Gasteiger partial charge in [0, 0.05) is 24.2 Å². The highest BCUT2D eigenvalue weighted by atomic mass is 127. The third-order valence-electron chi connectivity index (χ3n) is 4.23. The van der Waals surface area contributed by atoms with Gasteiger partial charge in [0.15, 0.2) is 0 Å². The second-order valence-corrected chi connectivity index (χ2v) is 9.33. The van der Waals surface area contributed by atoms with Gasteiger partial charge in [-0.15, -0.1) is 0 Å². The van der Waals surface area contributed by atoms with Crippen LogP contribution in [0.2, 0.25) is 0 Å². The molecule has 0 aliphatic carbocycles. The van der Waals surface area contributed by atoms with E-state index in [0.29, 0.717) is 25.8 Å². The number of alkyl carbamates (subject to hydrolysis) is 1. The molecule has 0 unspecified atom stereocenters. The van der Waals surface area contributed by atoms with Crippen LogP contribution >= 0.6 is 22.6 Å². The average Bonchev–Trinajstić information content (AvgIpc) is 2.59. The normalized spacial score (nSPS) is 15.6. The topological polar surface area (TPSA) is 77.5 Å². The Bertz CT molecular complexity index is 777. The molecule has 160 valence electrons. The summed E-state index contributed by atoms with van der Waals surface area (Å²) in [6.07, 6.45) is 0.178. The van der Waals surface area contributed by atoms with Gasteiger partial charge in [0.2, 0.25) is 5.96 Å². The Morgan fingerprint density at radius 2 is 1.86 bits per heavy atom. The second-order valence-electron chi connectivity index (χ2n) is 8.17. The fraction of sp³-hybridized carbons (Fsp3) is 0.550. The molecule has 1 saturated heterocycles. The molecule has 3 amide bonds. The second kappa shape index (κ2) is 9.64. The Morgan fingerprint density at radius 1 is 1.24 bits per heavy atom. The molecule has 9 heteroatoms. The standard InChI is InChI=1S/C20H30IN5O3/c1-14-7-8-15(11-16(14)21)9-10-22-17(23-18(27)29-20(2,3)4)26-12-24(5)19(28)25(6)13-26/h7-8,11H,9-10,12-13H2,1-6H3,(H,22,23,27). The lowest BCUT2D eigenvalue weighted by Crippen LogP contribution is -2.60. The molecule has 29 heavy (non-hydrogen) atoms. The highest BCUT2D eigenvalue weighted by Crippen LogP contribution is 2.14. The smallest absolute Gasteiger partial charge is 0.414 e. The predicted octanol–water partition coefficient (Wildman–Crippen LogP) is 3.24. The van der Waals surface area contributed by atoms with Crippen LogP contribution in [0.25, 0.3) is 0 Å². The first-order chi connectivity index (χ1) is 13.5. The van der Waals surface area contributed by atoms with E-state index in [9.17, 15) is 9.59 Å². The van der Waals surface area contributed by atoms with Crippen LogP contribution in [0.15, 0.2) is 23.2 Å². The first kappa shape index (κ1) is 23.2. The lowest BCUT2D eigenvalue weighted by Gasteiger charge is -2.40. The third-order valence-corrected chi connectivity index (χ3v) is 5.39. The van der Waals surface area contributed by atoms with Crippen LogP contribution in [0.4, 0.5) is 9.59 Å². The van der Waals surface area contributed by atoms with Gasteiger partial charge in [-0.3, -0.25) is 10.3 Å². The minimum absolute atomic E-state index is 0.0768. The number of carbonyl (C=O) groups is 2. The van der Waals surface area contributed by atoms with Crippen molar-refractivity contribution in [2.75, 3.05) is 34.0 Å². The monoisotopic (exact) mass is 515 g/mol. The number of nitrogens with zero attached hydrogens (tertiary/aromatic N) is 4. The van der Waals surface area contributed by atoms with Crippen molar-refractivity contribution in [2.24, 2.45) is 4.99 Å². The molecule has 1 aromatic rings. The highest BCUT2D eigenvalue weighted by Gasteiger charge is 2.28. The lowest BCUT2D eigenvalue weighted by molar-refractivity contribution is 0.0540. The quantitative estimate of drug-likeness (QED) is 0.381. The van der Waals surface area contributed by atoms with Gasteiger partial charge in [-0.2, -0.15) is 0 Å². The van der Waals surface area contributed by atoms with Crippen LogP contribution < -0.4 is 5.32 Å². The number of aliphatic imine (C=N–C) groups is 1. The largest absolute Gasteiger partial charge is 0.444 e. The van der Waals surface area contributed by atoms with Crippen LogP contribution in [0, 0.1) is 10.5 Å². The number of rotatable bonds is 3. The summed E-state index contributed by atoms with van der Waals surface area (Å²) in [6.45, 7) is 8.68. The number of amides is 3. The molecule has 0 spiro atoms. The van der Waals surface area contributed by atoms with Crippen molar-refractivity contribution in [3.8, 4) is 0 Å². The number of hydrogen-bond acceptors (Lipinski definition) is 4. The number of guanidine groups is 1. The molecule has 0 atom stereocenters. The summed E-state index contributed by atoms with van der Waals surface area (Å²) in [5.74, 6) is 0.396. The maximum atomic E-state index is 12.3. The van der Waals surface area contributed by atoms with Gasteiger partial charge in [-0.1, -0.05) is 12.1 Å². The first-order valence-corrected chi connectivity index (χ1v) is 10.5. The molecular formula is C20H30IN5O3. The highest BCUT2D eigenvalue weighted by molar-refractivity contribution is 14.1. The molecule has 0 bridgehead atoms. The summed E-state index contributed by atoms with van der Waals surface area (Å²) < 4.78 is 6.59. The van der Waals surface area contributed by atoms with Crippen molar-refractivity contribution < 1.29 is 14.3 Å². The Kier molecular flexibility index (Phi) is 7.73. The fourth-order valence-corrected chi connectivity index (χ4v) is 3.38. The number of carbonyl (C=O) groups excluding carboxylic acids is 2. The SMILES string of the molecule is Cc1ccc(CCN=C(NC(=O)OC(C)(C)C)N2CN(C)C(=O)N(C)C2)cc1I. The zero-order valence-corrected chi connectivity index (χ0v) is 20.1. The summed E-state index contributed by atoms with van der Waals surface area (Å²) in [7, 11) is 3.43. The van der Waals surface area contributed by atoms with E-state index in [1.807, 2.05) is 25.7 Å². The Balaban J connectivity index is 2.14. The van der Waals surface area contributed by atoms with E-state index in [4.69, 9.17) is 4.74 Å². The molecule has 1 fully saturated rings. The van der Waals surface area contributed by atoms with Gasteiger partial charge in [0.1, 0.15) is 5.60 Å². The van der Waals surface area contributed by atoms with Crippen molar-refractivity contribution >= 4 is 40.7 Å².